The van der Waals surface area contributed by atoms with Gasteiger partial charge >= 0.3 is 7.32 Å². The molecule has 1 rings (SSSR count). The molecule has 0 saturated carbocycles. The van der Waals surface area contributed by atoms with Gasteiger partial charge in [0.15, 0.2) is 0 Å². The van der Waals surface area contributed by atoms with E-state index in [0.29, 0.717) is 0 Å². The van der Waals surface area contributed by atoms with E-state index in [1.165, 1.54) is 10.5 Å². The van der Waals surface area contributed by atoms with Crippen molar-refractivity contribution in [2.24, 2.45) is 0 Å². The molecule has 148 valence electrons. The summed E-state index contributed by atoms with van der Waals surface area (Å²) in [6, 6.07) is 8.35. The van der Waals surface area contributed by atoms with Crippen molar-refractivity contribution in [3.8, 4) is 0 Å². The fraction of sp³-hybridized carbons (Fsp3) is 0.684. The fourth-order valence-electron chi connectivity index (χ4n) is 2.33. The van der Waals surface area contributed by atoms with Crippen molar-refractivity contribution in [1.29, 1.82) is 0 Å². The Kier molecular flexibility index (Phi) is 13.3. The monoisotopic (exact) mass is 416 g/mol. The first-order chi connectivity index (χ1) is 12.5. The van der Waals surface area contributed by atoms with E-state index in [-0.39, 0.29) is 16.3 Å². The minimum atomic E-state index is -0.758. The van der Waals surface area contributed by atoms with Gasteiger partial charge in [0, 0.05) is 4.90 Å². The van der Waals surface area contributed by atoms with E-state index in [2.05, 4.69) is 77.2 Å². The second kappa shape index (κ2) is 14.2. The van der Waals surface area contributed by atoms with Gasteiger partial charge in [-0.3, -0.25) is 0 Å². The van der Waals surface area contributed by atoms with Crippen LogP contribution in [-0.4, -0.2) is 23.6 Å². The van der Waals surface area contributed by atoms with E-state index in [0.717, 1.165) is 38.5 Å². The molecule has 26 heavy (non-hydrogen) atoms. The minimum Gasteiger partial charge on any atom is -0.374 e. The lowest BCUT2D eigenvalue weighted by molar-refractivity contribution is 0.0640. The van der Waals surface area contributed by atoms with Crippen molar-refractivity contribution >= 4 is 44.3 Å². The average Bonchev–Trinajstić information content (AvgIpc) is 2.57. The normalized spacial score (nSPS) is 14.8. The molecular formula is C19H33BO3S3. The maximum absolute atomic E-state index is 6.20. The molecule has 7 heteroatoms. The molecule has 0 aliphatic rings. The van der Waals surface area contributed by atoms with Crippen LogP contribution in [0.5, 0.6) is 0 Å². The van der Waals surface area contributed by atoms with Crippen LogP contribution < -0.4 is 0 Å². The van der Waals surface area contributed by atoms with Crippen molar-refractivity contribution in [3.63, 3.8) is 0 Å². The highest BCUT2D eigenvalue weighted by atomic mass is 32.2. The van der Waals surface area contributed by atoms with Gasteiger partial charge in [-0.05, 0) is 37.8 Å². The Bertz CT molecular complexity index is 479. The Morgan fingerprint density at radius 3 is 1.92 bits per heavy atom. The van der Waals surface area contributed by atoms with Crippen LogP contribution in [0.2, 0.25) is 0 Å². The number of hydrogen-bond acceptors (Lipinski definition) is 6. The van der Waals surface area contributed by atoms with Crippen molar-refractivity contribution in [2.45, 2.75) is 87.4 Å². The number of thioether (sulfide) groups is 1. The summed E-state index contributed by atoms with van der Waals surface area (Å²) in [5.74, 6) is 0. The smallest absolute Gasteiger partial charge is 0.374 e. The zero-order chi connectivity index (χ0) is 19.4. The number of rotatable bonds is 14. The first-order valence-electron chi connectivity index (χ1n) is 9.54. The van der Waals surface area contributed by atoms with E-state index in [1.807, 2.05) is 0 Å². The molecule has 0 spiro atoms. The number of benzene rings is 1. The van der Waals surface area contributed by atoms with E-state index in [9.17, 15) is 0 Å². The van der Waals surface area contributed by atoms with E-state index in [1.54, 1.807) is 11.8 Å². The van der Waals surface area contributed by atoms with Gasteiger partial charge in [-0.25, -0.2) is 0 Å². The summed E-state index contributed by atoms with van der Waals surface area (Å²) < 4.78 is 18.0. The minimum absolute atomic E-state index is 0.0459. The maximum Gasteiger partial charge on any atom is 0.641 e. The third kappa shape index (κ3) is 9.95. The van der Waals surface area contributed by atoms with Crippen LogP contribution in [0.3, 0.4) is 0 Å². The van der Waals surface area contributed by atoms with Crippen LogP contribution in [0.25, 0.3) is 0 Å². The first kappa shape index (κ1) is 24.3. The highest BCUT2D eigenvalue weighted by molar-refractivity contribution is 7.99. The molecule has 1 aromatic carbocycles. The Morgan fingerprint density at radius 1 is 0.885 bits per heavy atom. The number of aryl methyl sites for hydroxylation is 1. The predicted octanol–water partition coefficient (Wildman–Crippen LogP) is 6.36. The van der Waals surface area contributed by atoms with E-state index < -0.39 is 7.32 Å². The summed E-state index contributed by atoms with van der Waals surface area (Å²) in [6.07, 6.45) is 5.63. The summed E-state index contributed by atoms with van der Waals surface area (Å²) in [5, 5.41) is 0. The maximum atomic E-state index is 6.20. The van der Waals surface area contributed by atoms with Gasteiger partial charge in [0.1, 0.15) is 0 Å². The molecular weight excluding hydrogens is 383 g/mol. The largest absolute Gasteiger partial charge is 0.641 e. The molecule has 1 aromatic rings. The van der Waals surface area contributed by atoms with Crippen LogP contribution in [0.15, 0.2) is 29.2 Å². The van der Waals surface area contributed by atoms with Crippen LogP contribution >= 0.6 is 37.0 Å². The summed E-state index contributed by atoms with van der Waals surface area (Å²) in [4.78, 5) is 1.22. The number of hydrogen-bond donors (Lipinski definition) is 2. The van der Waals surface area contributed by atoms with Crippen LogP contribution in [0.1, 0.15) is 64.9 Å². The van der Waals surface area contributed by atoms with Gasteiger partial charge in [0.2, 0.25) is 0 Å². The molecule has 0 radical (unpaired) electrons. The SMILES string of the molecule is CCCC(S)OB(OC(S)CCC)OC(CCC)Sc1ccccc1C. The lowest BCUT2D eigenvalue weighted by Gasteiger charge is -2.25. The highest BCUT2D eigenvalue weighted by Gasteiger charge is 2.31. The molecule has 0 N–H and O–H groups in total. The molecule has 0 bridgehead atoms. The Balaban J connectivity index is 2.78. The van der Waals surface area contributed by atoms with Crippen molar-refractivity contribution in [3.05, 3.63) is 29.8 Å². The van der Waals surface area contributed by atoms with Crippen LogP contribution in [0.4, 0.5) is 0 Å². The Labute approximate surface area is 175 Å². The van der Waals surface area contributed by atoms with Crippen molar-refractivity contribution < 1.29 is 14.0 Å². The van der Waals surface area contributed by atoms with Gasteiger partial charge in [0.05, 0.1) is 16.3 Å². The molecule has 0 aliphatic heterocycles. The van der Waals surface area contributed by atoms with Gasteiger partial charge < -0.3 is 14.0 Å². The summed E-state index contributed by atoms with van der Waals surface area (Å²) in [7, 11) is -0.758. The average molecular weight is 416 g/mol. The lowest BCUT2D eigenvalue weighted by Crippen LogP contribution is -2.36. The van der Waals surface area contributed by atoms with E-state index in [4.69, 9.17) is 14.0 Å². The third-order valence-corrected chi connectivity index (χ3v) is 5.83. The topological polar surface area (TPSA) is 27.7 Å². The van der Waals surface area contributed by atoms with Gasteiger partial charge in [0.25, 0.3) is 0 Å². The summed E-state index contributed by atoms with van der Waals surface area (Å²) >= 11 is 10.7. The molecule has 0 aromatic heterocycles. The second-order valence-corrected chi connectivity index (χ2v) is 8.64. The zero-order valence-corrected chi connectivity index (χ0v) is 19.0. The molecule has 0 amide bonds. The molecule has 0 aliphatic carbocycles. The van der Waals surface area contributed by atoms with Gasteiger partial charge in [-0.2, -0.15) is 0 Å². The first-order valence-corrected chi connectivity index (χ1v) is 11.5. The highest BCUT2D eigenvalue weighted by Crippen LogP contribution is 2.31. The molecule has 3 unspecified atom stereocenters. The summed E-state index contributed by atoms with van der Waals surface area (Å²) in [5.41, 5.74) is 0.780. The lowest BCUT2D eigenvalue weighted by atomic mass is 10.2. The van der Waals surface area contributed by atoms with Crippen LogP contribution in [-0.2, 0) is 14.0 Å². The second-order valence-electron chi connectivity index (χ2n) is 6.29. The Morgan fingerprint density at radius 2 is 1.42 bits per heavy atom. The molecule has 3 nitrogen and oxygen atoms in total. The molecule has 0 fully saturated rings. The number of thiol groups is 2. The fourth-order valence-corrected chi connectivity index (χ4v) is 4.24. The van der Waals surface area contributed by atoms with Gasteiger partial charge in [-0.1, -0.05) is 70.0 Å². The summed E-state index contributed by atoms with van der Waals surface area (Å²) in [6.45, 7) is 8.49. The predicted molar refractivity (Wildman–Crippen MR) is 120 cm³/mol. The molecule has 0 saturated heterocycles. The van der Waals surface area contributed by atoms with Gasteiger partial charge in [-0.15, -0.1) is 25.3 Å². The Hall–Kier alpha value is 0.215. The quantitative estimate of drug-likeness (QED) is 0.160. The zero-order valence-electron chi connectivity index (χ0n) is 16.4. The van der Waals surface area contributed by atoms with Crippen molar-refractivity contribution in [2.75, 3.05) is 0 Å². The van der Waals surface area contributed by atoms with Crippen molar-refractivity contribution in [1.82, 2.24) is 0 Å². The third-order valence-electron chi connectivity index (χ3n) is 3.75. The van der Waals surface area contributed by atoms with E-state index >= 15 is 0 Å². The standard InChI is InChI=1S/C19H33BO3S3/c1-5-10-17(24)21-20(22-18(25)11-6-2)23-19(12-7-3)26-16-14-9-8-13-15(16)4/h8-9,13-14,17-19,24-25H,5-7,10-12H2,1-4H3. The van der Waals surface area contributed by atoms with Crippen LogP contribution in [0, 0.1) is 6.92 Å². The molecule has 0 heterocycles. The molecule has 3 atom stereocenters.